The summed E-state index contributed by atoms with van der Waals surface area (Å²) >= 11 is 3.33. The molecule has 7 heteroatoms. The molecule has 0 N–H and O–H groups in total. The number of nitrogens with zero attached hydrogens (tertiary/aromatic N) is 2. The van der Waals surface area contributed by atoms with Crippen LogP contribution in [0.1, 0.15) is 12.6 Å². The highest BCUT2D eigenvalue weighted by molar-refractivity contribution is 9.10. The molecule has 0 fully saturated rings. The Morgan fingerprint density at radius 1 is 1.41 bits per heavy atom. The maximum Gasteiger partial charge on any atom is 0.327 e. The predicted octanol–water partition coefficient (Wildman–Crippen LogP) is 2.34. The van der Waals surface area contributed by atoms with Crippen molar-refractivity contribution in [2.24, 2.45) is 0 Å². The fourth-order valence-corrected chi connectivity index (χ4v) is 2.36. The molecule has 0 aliphatic carbocycles. The Balaban J connectivity index is 2.71. The van der Waals surface area contributed by atoms with E-state index in [0.29, 0.717) is 28.8 Å². The minimum atomic E-state index is -0.558. The Bertz CT molecular complexity index is 798. The highest BCUT2D eigenvalue weighted by Crippen LogP contribution is 2.23. The van der Waals surface area contributed by atoms with E-state index >= 15 is 0 Å². The maximum atomic E-state index is 12.5. The van der Waals surface area contributed by atoms with Crippen molar-refractivity contribution >= 4 is 38.4 Å². The zero-order chi connectivity index (χ0) is 16.3. The first-order chi connectivity index (χ1) is 10.5. The van der Waals surface area contributed by atoms with E-state index in [-0.39, 0.29) is 12.1 Å². The van der Waals surface area contributed by atoms with Crippen molar-refractivity contribution in [1.82, 2.24) is 9.78 Å². The van der Waals surface area contributed by atoms with Crippen molar-refractivity contribution in [2.75, 3.05) is 13.7 Å². The lowest BCUT2D eigenvalue weighted by atomic mass is 10.1. The summed E-state index contributed by atoms with van der Waals surface area (Å²) in [6.07, 6.45) is 0. The minimum absolute atomic E-state index is 0.274. The molecule has 0 saturated heterocycles. The van der Waals surface area contributed by atoms with Gasteiger partial charge in [-0.1, -0.05) is 28.6 Å². The van der Waals surface area contributed by atoms with Crippen LogP contribution < -0.4 is 5.56 Å². The molecule has 0 aliphatic rings. The van der Waals surface area contributed by atoms with Gasteiger partial charge in [-0.25, -0.2) is 4.68 Å². The average Bonchev–Trinajstić information content (AvgIpc) is 2.50. The van der Waals surface area contributed by atoms with Crippen LogP contribution in [-0.4, -0.2) is 29.5 Å². The Labute approximate surface area is 135 Å². The van der Waals surface area contributed by atoms with E-state index in [9.17, 15) is 9.59 Å². The highest BCUT2D eigenvalue weighted by Gasteiger charge is 2.16. The first-order valence-electron chi connectivity index (χ1n) is 6.57. The van der Waals surface area contributed by atoms with Crippen LogP contribution >= 0.6 is 15.9 Å². The van der Waals surface area contributed by atoms with Gasteiger partial charge in [0.05, 0.1) is 19.1 Å². The van der Waals surface area contributed by atoms with Crippen molar-refractivity contribution in [3.05, 3.63) is 45.3 Å². The van der Waals surface area contributed by atoms with Gasteiger partial charge in [-0.3, -0.25) is 9.59 Å². The molecule has 0 amide bonds. The van der Waals surface area contributed by atoms with Gasteiger partial charge in [-0.05, 0) is 19.1 Å². The maximum absolute atomic E-state index is 12.5. The number of halogens is 1. The van der Waals surface area contributed by atoms with Gasteiger partial charge in [-0.15, -0.1) is 0 Å². The molecule has 6 nitrogen and oxygen atoms in total. The van der Waals surface area contributed by atoms with E-state index in [2.05, 4.69) is 32.3 Å². The van der Waals surface area contributed by atoms with Crippen molar-refractivity contribution in [2.45, 2.75) is 13.5 Å². The monoisotopic (exact) mass is 366 g/mol. The summed E-state index contributed by atoms with van der Waals surface area (Å²) in [6.45, 7) is 5.81. The van der Waals surface area contributed by atoms with Gasteiger partial charge in [0.15, 0.2) is 0 Å². The van der Waals surface area contributed by atoms with E-state index in [1.54, 1.807) is 18.2 Å². The fourth-order valence-electron chi connectivity index (χ4n) is 2.00. The van der Waals surface area contributed by atoms with Crippen LogP contribution in [0.15, 0.2) is 34.0 Å². The largest absolute Gasteiger partial charge is 0.492 e. The molecule has 2 aromatic rings. The van der Waals surface area contributed by atoms with E-state index < -0.39 is 5.97 Å². The normalized spacial score (nSPS) is 10.5. The Morgan fingerprint density at radius 2 is 2.14 bits per heavy atom. The molecular formula is C15H15BrN2O4. The summed E-state index contributed by atoms with van der Waals surface area (Å²) in [6, 6.07) is 5.24. The fraction of sp³-hybridized carbons (Fsp3) is 0.267. The van der Waals surface area contributed by atoms with Gasteiger partial charge in [0, 0.05) is 9.86 Å². The number of hydrogen-bond donors (Lipinski definition) is 0. The molecule has 1 aromatic carbocycles. The number of rotatable bonds is 5. The van der Waals surface area contributed by atoms with Crippen molar-refractivity contribution in [1.29, 1.82) is 0 Å². The topological polar surface area (TPSA) is 70.4 Å². The third kappa shape index (κ3) is 3.19. The Kier molecular flexibility index (Phi) is 4.97. The van der Waals surface area contributed by atoms with Gasteiger partial charge in [0.1, 0.15) is 18.0 Å². The zero-order valence-electron chi connectivity index (χ0n) is 12.3. The number of aromatic nitrogens is 2. The second-order valence-electron chi connectivity index (χ2n) is 4.43. The second kappa shape index (κ2) is 6.74. The first kappa shape index (κ1) is 16.2. The molecule has 22 heavy (non-hydrogen) atoms. The average molecular weight is 367 g/mol. The summed E-state index contributed by atoms with van der Waals surface area (Å²) in [4.78, 5) is 23.9. The van der Waals surface area contributed by atoms with Gasteiger partial charge >= 0.3 is 5.97 Å². The molecular weight excluding hydrogens is 352 g/mol. The number of esters is 1. The lowest BCUT2D eigenvalue weighted by molar-refractivity contribution is -0.141. The van der Waals surface area contributed by atoms with Crippen LogP contribution in [0.4, 0.5) is 0 Å². The molecule has 0 aliphatic heterocycles. The highest BCUT2D eigenvalue weighted by atomic mass is 79.9. The third-order valence-electron chi connectivity index (χ3n) is 3.01. The van der Waals surface area contributed by atoms with E-state index in [1.165, 1.54) is 7.11 Å². The van der Waals surface area contributed by atoms with Crippen LogP contribution in [0.3, 0.4) is 0 Å². The van der Waals surface area contributed by atoms with Crippen LogP contribution in [0.2, 0.25) is 0 Å². The standard InChI is InChI=1S/C15H15BrN2O4/c1-4-22-9(2)14-11-6-5-10(16)7-12(11)15(20)18(17-14)8-13(19)21-3/h5-7H,2,4,8H2,1,3H3. The van der Waals surface area contributed by atoms with Crippen LogP contribution in [0.5, 0.6) is 0 Å². The summed E-state index contributed by atoms with van der Waals surface area (Å²) < 4.78 is 11.8. The van der Waals surface area contributed by atoms with Gasteiger partial charge < -0.3 is 9.47 Å². The predicted molar refractivity (Wildman–Crippen MR) is 86.4 cm³/mol. The molecule has 2 rings (SSSR count). The first-order valence-corrected chi connectivity index (χ1v) is 7.36. The number of carbonyl (C=O) groups excluding carboxylic acids is 1. The van der Waals surface area contributed by atoms with E-state index in [0.717, 1.165) is 9.15 Å². The number of fused-ring (bicyclic) bond motifs is 1. The van der Waals surface area contributed by atoms with E-state index in [1.807, 2.05) is 6.92 Å². The van der Waals surface area contributed by atoms with Crippen molar-refractivity contribution in [3.8, 4) is 0 Å². The smallest absolute Gasteiger partial charge is 0.327 e. The summed E-state index contributed by atoms with van der Waals surface area (Å²) in [5.41, 5.74) is 0.0441. The number of methoxy groups -OCH3 is 1. The summed E-state index contributed by atoms with van der Waals surface area (Å²) in [5.74, 6) is -0.217. The SMILES string of the molecule is C=C(OCC)c1nn(CC(=O)OC)c(=O)c2cc(Br)ccc12. The van der Waals surface area contributed by atoms with Crippen LogP contribution in [-0.2, 0) is 20.8 Å². The van der Waals surface area contributed by atoms with Crippen LogP contribution in [0.25, 0.3) is 16.5 Å². The third-order valence-corrected chi connectivity index (χ3v) is 3.50. The Morgan fingerprint density at radius 3 is 2.77 bits per heavy atom. The molecule has 116 valence electrons. The molecule has 0 radical (unpaired) electrons. The number of carbonyl (C=O) groups is 1. The quantitative estimate of drug-likeness (QED) is 0.599. The number of ether oxygens (including phenoxy) is 2. The van der Waals surface area contributed by atoms with Gasteiger partial charge in [-0.2, -0.15) is 5.10 Å². The molecule has 0 bridgehead atoms. The molecule has 1 heterocycles. The molecule has 0 spiro atoms. The molecule has 0 unspecified atom stereocenters. The minimum Gasteiger partial charge on any atom is -0.492 e. The molecule has 1 aromatic heterocycles. The lowest BCUT2D eigenvalue weighted by Gasteiger charge is -2.12. The van der Waals surface area contributed by atoms with Gasteiger partial charge in [0.25, 0.3) is 5.56 Å². The number of benzene rings is 1. The number of hydrogen-bond acceptors (Lipinski definition) is 5. The molecule has 0 saturated carbocycles. The second-order valence-corrected chi connectivity index (χ2v) is 5.35. The van der Waals surface area contributed by atoms with Crippen LogP contribution in [0, 0.1) is 0 Å². The summed E-state index contributed by atoms with van der Waals surface area (Å²) in [7, 11) is 1.26. The summed E-state index contributed by atoms with van der Waals surface area (Å²) in [5, 5.41) is 5.24. The van der Waals surface area contributed by atoms with Crippen molar-refractivity contribution in [3.63, 3.8) is 0 Å². The molecule has 0 atom stereocenters. The lowest BCUT2D eigenvalue weighted by Crippen LogP contribution is -2.28. The Hall–Kier alpha value is -2.15. The van der Waals surface area contributed by atoms with Gasteiger partial charge in [0.2, 0.25) is 0 Å². The van der Waals surface area contributed by atoms with Crippen molar-refractivity contribution < 1.29 is 14.3 Å². The zero-order valence-corrected chi connectivity index (χ0v) is 13.8. The van der Waals surface area contributed by atoms with E-state index in [4.69, 9.17) is 4.74 Å².